The van der Waals surface area contributed by atoms with E-state index in [0.29, 0.717) is 4.58 Å². The first-order chi connectivity index (χ1) is 6.95. The minimum Gasteiger partial charge on any atom is -0.264 e. The summed E-state index contributed by atoms with van der Waals surface area (Å²) in [6.45, 7) is 7.03. The van der Waals surface area contributed by atoms with Crippen LogP contribution in [-0.4, -0.2) is 59.6 Å². The van der Waals surface area contributed by atoms with Crippen molar-refractivity contribution in [2.45, 2.75) is 18.4 Å². The lowest BCUT2D eigenvalue weighted by atomic mass is 9.93. The predicted molar refractivity (Wildman–Crippen MR) is 73.3 cm³/mol. The SMILES string of the molecule is CSC(SC)C(C)(C)C1=[N+](C)CCN1C. The summed E-state index contributed by atoms with van der Waals surface area (Å²) in [4.78, 5) is 2.40. The molecule has 1 rings (SSSR count). The molecule has 0 spiro atoms. The van der Waals surface area contributed by atoms with Gasteiger partial charge in [0.1, 0.15) is 13.1 Å². The molecule has 0 aliphatic carbocycles. The van der Waals surface area contributed by atoms with E-state index in [1.807, 2.05) is 23.5 Å². The Balaban J connectivity index is 2.98. The zero-order valence-corrected chi connectivity index (χ0v) is 12.3. The summed E-state index contributed by atoms with van der Waals surface area (Å²) in [5.74, 6) is 1.48. The largest absolute Gasteiger partial charge is 0.264 e. The topological polar surface area (TPSA) is 6.25 Å². The molecule has 1 heterocycles. The summed E-state index contributed by atoms with van der Waals surface area (Å²) in [5.41, 5.74) is 0.235. The van der Waals surface area contributed by atoms with Gasteiger partial charge in [0.25, 0.3) is 5.84 Å². The zero-order chi connectivity index (χ0) is 11.6. The number of hydrogen-bond donors (Lipinski definition) is 0. The molecule has 0 radical (unpaired) electrons. The molecule has 0 fully saturated rings. The number of amidine groups is 1. The lowest BCUT2D eigenvalue weighted by Crippen LogP contribution is -2.43. The van der Waals surface area contributed by atoms with E-state index in [2.05, 4.69) is 49.9 Å². The molecule has 0 amide bonds. The molecule has 4 heteroatoms. The molecular formula is C11H23N2S2+. The van der Waals surface area contributed by atoms with Crippen LogP contribution in [0.25, 0.3) is 0 Å². The molecule has 0 bridgehead atoms. The van der Waals surface area contributed by atoms with Gasteiger partial charge in [0.05, 0.1) is 24.1 Å². The van der Waals surface area contributed by atoms with Crippen molar-refractivity contribution < 1.29 is 4.58 Å². The lowest BCUT2D eigenvalue weighted by molar-refractivity contribution is -0.490. The zero-order valence-electron chi connectivity index (χ0n) is 10.7. The van der Waals surface area contributed by atoms with Crippen LogP contribution in [0.3, 0.4) is 0 Å². The maximum Gasteiger partial charge on any atom is 0.254 e. The summed E-state index contributed by atoms with van der Waals surface area (Å²) in [5, 5.41) is 0. The second-order valence-electron chi connectivity index (χ2n) is 4.69. The molecule has 0 aromatic rings. The van der Waals surface area contributed by atoms with Crippen LogP contribution in [0.1, 0.15) is 13.8 Å². The van der Waals surface area contributed by atoms with Gasteiger partial charge in [0, 0.05) is 0 Å². The van der Waals surface area contributed by atoms with Crippen molar-refractivity contribution in [2.75, 3.05) is 39.7 Å². The summed E-state index contributed by atoms with van der Waals surface area (Å²) in [6, 6.07) is 0. The van der Waals surface area contributed by atoms with Crippen LogP contribution in [0.4, 0.5) is 0 Å². The second-order valence-corrected chi connectivity index (χ2v) is 6.88. The molecule has 88 valence electrons. The third kappa shape index (κ3) is 2.47. The van der Waals surface area contributed by atoms with E-state index in [-0.39, 0.29) is 5.41 Å². The Hall–Kier alpha value is 0.170. The molecule has 1 aliphatic rings. The van der Waals surface area contributed by atoms with E-state index in [9.17, 15) is 0 Å². The summed E-state index contributed by atoms with van der Waals surface area (Å²) in [7, 11) is 4.41. The van der Waals surface area contributed by atoms with Crippen LogP contribution in [0.15, 0.2) is 0 Å². The Morgan fingerprint density at radius 3 is 2.20 bits per heavy atom. The van der Waals surface area contributed by atoms with E-state index in [1.165, 1.54) is 5.84 Å². The van der Waals surface area contributed by atoms with Gasteiger partial charge < -0.3 is 0 Å². The first kappa shape index (κ1) is 13.2. The Morgan fingerprint density at radius 1 is 1.33 bits per heavy atom. The van der Waals surface area contributed by atoms with Gasteiger partial charge in [-0.1, -0.05) is 0 Å². The van der Waals surface area contributed by atoms with Crippen molar-refractivity contribution in [1.29, 1.82) is 0 Å². The highest BCUT2D eigenvalue weighted by atomic mass is 32.2. The van der Waals surface area contributed by atoms with Crippen molar-refractivity contribution in [3.05, 3.63) is 0 Å². The third-order valence-corrected chi connectivity index (χ3v) is 6.28. The molecule has 0 saturated carbocycles. The van der Waals surface area contributed by atoms with E-state index in [4.69, 9.17) is 0 Å². The molecular weight excluding hydrogens is 224 g/mol. The van der Waals surface area contributed by atoms with E-state index >= 15 is 0 Å². The van der Waals surface area contributed by atoms with Crippen LogP contribution >= 0.6 is 23.5 Å². The van der Waals surface area contributed by atoms with Gasteiger partial charge in [0.15, 0.2) is 0 Å². The third-order valence-electron chi connectivity index (χ3n) is 3.09. The van der Waals surface area contributed by atoms with Crippen LogP contribution < -0.4 is 0 Å². The number of rotatable bonds is 4. The van der Waals surface area contributed by atoms with Gasteiger partial charge in [0.2, 0.25) is 0 Å². The van der Waals surface area contributed by atoms with Gasteiger partial charge in [-0.3, -0.25) is 9.48 Å². The molecule has 0 N–H and O–H groups in total. The van der Waals surface area contributed by atoms with Gasteiger partial charge in [-0.15, -0.1) is 23.5 Å². The average Bonchev–Trinajstić information content (AvgIpc) is 2.48. The minimum absolute atomic E-state index is 0.235. The normalized spacial score (nSPS) is 18.2. The Labute approximate surface area is 102 Å². The quantitative estimate of drug-likeness (QED) is 0.554. The summed E-state index contributed by atoms with van der Waals surface area (Å²) >= 11 is 3.91. The second kappa shape index (κ2) is 5.00. The monoisotopic (exact) mass is 247 g/mol. The highest BCUT2D eigenvalue weighted by Gasteiger charge is 2.44. The molecule has 2 nitrogen and oxygen atoms in total. The fourth-order valence-electron chi connectivity index (χ4n) is 2.58. The summed E-state index contributed by atoms with van der Waals surface area (Å²) in [6.07, 6.45) is 4.41. The average molecular weight is 247 g/mol. The molecule has 0 atom stereocenters. The minimum atomic E-state index is 0.235. The van der Waals surface area contributed by atoms with Crippen molar-refractivity contribution in [2.24, 2.45) is 5.41 Å². The summed E-state index contributed by atoms with van der Waals surface area (Å²) < 4.78 is 3.02. The maximum atomic E-state index is 2.40. The van der Waals surface area contributed by atoms with E-state index < -0.39 is 0 Å². The van der Waals surface area contributed by atoms with E-state index in [1.54, 1.807) is 0 Å². The fourth-order valence-corrected chi connectivity index (χ4v) is 4.74. The van der Waals surface area contributed by atoms with Gasteiger partial charge in [-0.2, -0.15) is 0 Å². The number of thioether (sulfide) groups is 2. The van der Waals surface area contributed by atoms with Crippen LogP contribution in [0.2, 0.25) is 0 Å². The van der Waals surface area contributed by atoms with Gasteiger partial charge >= 0.3 is 0 Å². The number of likely N-dealkylation sites (N-methyl/N-ethyl adjacent to an activating group) is 2. The van der Waals surface area contributed by atoms with Crippen LogP contribution in [0, 0.1) is 5.41 Å². The van der Waals surface area contributed by atoms with Crippen molar-refractivity contribution in [3.63, 3.8) is 0 Å². The first-order valence-corrected chi connectivity index (χ1v) is 7.88. The number of hydrogen-bond acceptors (Lipinski definition) is 3. The van der Waals surface area contributed by atoms with Gasteiger partial charge in [-0.25, -0.2) is 0 Å². The predicted octanol–water partition coefficient (Wildman–Crippen LogP) is 2.05. The lowest BCUT2D eigenvalue weighted by Gasteiger charge is -2.31. The van der Waals surface area contributed by atoms with Crippen molar-refractivity contribution >= 4 is 29.4 Å². The van der Waals surface area contributed by atoms with Crippen LogP contribution in [-0.2, 0) is 0 Å². The Kier molecular flexibility index (Phi) is 4.41. The molecule has 1 aliphatic heterocycles. The van der Waals surface area contributed by atoms with Gasteiger partial charge in [-0.05, 0) is 26.4 Å². The number of nitrogens with zero attached hydrogens (tertiary/aromatic N) is 2. The van der Waals surface area contributed by atoms with Crippen LogP contribution in [0.5, 0.6) is 0 Å². The highest BCUT2D eigenvalue weighted by molar-refractivity contribution is 8.16. The molecule has 0 aromatic carbocycles. The Morgan fingerprint density at radius 2 is 1.87 bits per heavy atom. The van der Waals surface area contributed by atoms with E-state index in [0.717, 1.165) is 13.1 Å². The standard InChI is InChI=1S/C11H23N2S2/c1-11(2,10(14-5)15-6)9-12(3)7-8-13(9)4/h10H,7-8H2,1-6H3/q+1. The smallest absolute Gasteiger partial charge is 0.254 e. The maximum absolute atomic E-state index is 2.40. The first-order valence-electron chi connectivity index (χ1n) is 5.30. The van der Waals surface area contributed by atoms with Crippen molar-refractivity contribution in [3.8, 4) is 0 Å². The molecule has 0 unspecified atom stereocenters. The highest BCUT2D eigenvalue weighted by Crippen LogP contribution is 2.38. The fraction of sp³-hybridized carbons (Fsp3) is 0.909. The van der Waals surface area contributed by atoms with Crippen molar-refractivity contribution in [1.82, 2.24) is 4.90 Å². The molecule has 15 heavy (non-hydrogen) atoms. The Bertz CT molecular complexity index is 257. The molecule has 0 saturated heterocycles. The molecule has 0 aromatic heterocycles.